The molecule has 78 valence electrons. The van der Waals surface area contributed by atoms with Crippen molar-refractivity contribution < 1.29 is 9.18 Å². The third-order valence-corrected chi connectivity index (χ3v) is 1.61. The zero-order chi connectivity index (χ0) is 11.1. The number of halogens is 1. The SMILES string of the molecule is CC(=O)NCCC#Cc1cccnc1F. The third kappa shape index (κ3) is 4.23. The van der Waals surface area contributed by atoms with E-state index in [2.05, 4.69) is 22.1 Å². The van der Waals surface area contributed by atoms with Crippen molar-refractivity contribution in [3.8, 4) is 11.8 Å². The summed E-state index contributed by atoms with van der Waals surface area (Å²) in [5, 5.41) is 2.60. The highest BCUT2D eigenvalue weighted by Crippen LogP contribution is 1.99. The molecule has 1 N–H and O–H groups in total. The predicted molar refractivity (Wildman–Crippen MR) is 54.4 cm³/mol. The molecule has 0 aliphatic heterocycles. The second-order valence-corrected chi connectivity index (χ2v) is 2.88. The van der Waals surface area contributed by atoms with Crippen molar-refractivity contribution in [2.45, 2.75) is 13.3 Å². The van der Waals surface area contributed by atoms with Crippen LogP contribution in [0.5, 0.6) is 0 Å². The molecule has 1 aromatic heterocycles. The van der Waals surface area contributed by atoms with Gasteiger partial charge in [0.2, 0.25) is 11.9 Å². The summed E-state index contributed by atoms with van der Waals surface area (Å²) in [4.78, 5) is 14.0. The smallest absolute Gasteiger partial charge is 0.228 e. The molecule has 1 heterocycles. The van der Waals surface area contributed by atoms with E-state index in [-0.39, 0.29) is 11.5 Å². The van der Waals surface area contributed by atoms with Crippen LogP contribution in [0.4, 0.5) is 4.39 Å². The van der Waals surface area contributed by atoms with Gasteiger partial charge in [-0.1, -0.05) is 11.8 Å². The molecule has 0 radical (unpaired) electrons. The van der Waals surface area contributed by atoms with Gasteiger partial charge in [-0.2, -0.15) is 4.39 Å². The van der Waals surface area contributed by atoms with Crippen molar-refractivity contribution in [2.75, 3.05) is 6.54 Å². The van der Waals surface area contributed by atoms with E-state index >= 15 is 0 Å². The van der Waals surface area contributed by atoms with Crippen molar-refractivity contribution in [3.63, 3.8) is 0 Å². The van der Waals surface area contributed by atoms with E-state index in [9.17, 15) is 9.18 Å². The molecule has 0 unspecified atom stereocenters. The van der Waals surface area contributed by atoms with Crippen molar-refractivity contribution in [3.05, 3.63) is 29.8 Å². The molecule has 1 aromatic rings. The van der Waals surface area contributed by atoms with Crippen molar-refractivity contribution in [1.29, 1.82) is 0 Å². The first-order valence-corrected chi connectivity index (χ1v) is 4.54. The van der Waals surface area contributed by atoms with E-state index in [1.54, 1.807) is 12.1 Å². The van der Waals surface area contributed by atoms with Gasteiger partial charge in [0.05, 0.1) is 5.56 Å². The van der Waals surface area contributed by atoms with Gasteiger partial charge in [-0.05, 0) is 12.1 Å². The van der Waals surface area contributed by atoms with E-state index < -0.39 is 5.95 Å². The normalized spacial score (nSPS) is 8.93. The standard InChI is InChI=1S/C11H11FN2O/c1-9(15)13-7-3-2-5-10-6-4-8-14-11(10)12/h4,6,8H,3,7H2,1H3,(H,13,15). The van der Waals surface area contributed by atoms with Crippen LogP contribution in [0.2, 0.25) is 0 Å². The molecule has 1 rings (SSSR count). The largest absolute Gasteiger partial charge is 0.355 e. The molecule has 0 fully saturated rings. The van der Waals surface area contributed by atoms with E-state index in [4.69, 9.17) is 0 Å². The predicted octanol–water partition coefficient (Wildman–Crippen LogP) is 1.10. The van der Waals surface area contributed by atoms with Crippen LogP contribution in [0.3, 0.4) is 0 Å². The Bertz CT molecular complexity index is 407. The first-order valence-electron chi connectivity index (χ1n) is 4.54. The van der Waals surface area contributed by atoms with Crippen molar-refractivity contribution in [2.24, 2.45) is 0 Å². The molecule has 0 bridgehead atoms. The monoisotopic (exact) mass is 206 g/mol. The van der Waals surface area contributed by atoms with Crippen LogP contribution in [0.15, 0.2) is 18.3 Å². The Morgan fingerprint density at radius 1 is 1.67 bits per heavy atom. The number of nitrogens with zero attached hydrogens (tertiary/aromatic N) is 1. The minimum absolute atomic E-state index is 0.0932. The summed E-state index contributed by atoms with van der Waals surface area (Å²) in [7, 11) is 0. The molecule has 0 saturated heterocycles. The van der Waals surface area contributed by atoms with Crippen LogP contribution in [-0.4, -0.2) is 17.4 Å². The summed E-state index contributed by atoms with van der Waals surface area (Å²) in [5.41, 5.74) is 0.278. The molecule has 0 spiro atoms. The van der Waals surface area contributed by atoms with Gasteiger partial charge in [0.1, 0.15) is 0 Å². The fraction of sp³-hybridized carbons (Fsp3) is 0.273. The average molecular weight is 206 g/mol. The van der Waals surface area contributed by atoms with Gasteiger partial charge >= 0.3 is 0 Å². The highest BCUT2D eigenvalue weighted by atomic mass is 19.1. The molecule has 0 aliphatic carbocycles. The highest BCUT2D eigenvalue weighted by Gasteiger charge is 1.95. The zero-order valence-corrected chi connectivity index (χ0v) is 8.38. The lowest BCUT2D eigenvalue weighted by molar-refractivity contribution is -0.118. The first-order chi connectivity index (χ1) is 7.20. The van der Waals surface area contributed by atoms with Crippen LogP contribution in [-0.2, 0) is 4.79 Å². The summed E-state index contributed by atoms with van der Waals surface area (Å²) in [6.45, 7) is 1.92. The fourth-order valence-electron chi connectivity index (χ4n) is 0.938. The molecule has 1 amide bonds. The maximum atomic E-state index is 12.9. The van der Waals surface area contributed by atoms with Crippen molar-refractivity contribution in [1.82, 2.24) is 10.3 Å². The van der Waals surface area contributed by atoms with Crippen LogP contribution in [0, 0.1) is 17.8 Å². The molecule has 0 saturated carbocycles. The summed E-state index contributed by atoms with van der Waals surface area (Å²) < 4.78 is 12.9. The summed E-state index contributed by atoms with van der Waals surface area (Å²) in [5.74, 6) is 4.74. The third-order valence-electron chi connectivity index (χ3n) is 1.61. The maximum Gasteiger partial charge on any atom is 0.228 e. The van der Waals surface area contributed by atoms with Crippen LogP contribution in [0.25, 0.3) is 0 Å². The van der Waals surface area contributed by atoms with Gasteiger partial charge < -0.3 is 5.32 Å². The van der Waals surface area contributed by atoms with Crippen LogP contribution < -0.4 is 5.32 Å². The Morgan fingerprint density at radius 2 is 2.47 bits per heavy atom. The quantitative estimate of drug-likeness (QED) is 0.447. The Hall–Kier alpha value is -1.89. The van der Waals surface area contributed by atoms with Gasteiger partial charge in [-0.3, -0.25) is 4.79 Å². The van der Waals surface area contributed by atoms with Crippen molar-refractivity contribution >= 4 is 5.91 Å². The van der Waals surface area contributed by atoms with Crippen LogP contribution >= 0.6 is 0 Å². The van der Waals surface area contributed by atoms with Crippen LogP contribution in [0.1, 0.15) is 18.9 Å². The maximum absolute atomic E-state index is 12.9. The topological polar surface area (TPSA) is 42.0 Å². The van der Waals surface area contributed by atoms with Gasteiger partial charge in [0, 0.05) is 26.1 Å². The van der Waals surface area contributed by atoms with Gasteiger partial charge in [-0.15, -0.1) is 0 Å². The number of amides is 1. The Kier molecular flexibility index (Phi) is 4.30. The fourth-order valence-corrected chi connectivity index (χ4v) is 0.938. The van der Waals surface area contributed by atoms with Gasteiger partial charge in [0.15, 0.2) is 0 Å². The molecule has 3 nitrogen and oxygen atoms in total. The number of pyridine rings is 1. The van der Waals surface area contributed by atoms with Gasteiger partial charge in [-0.25, -0.2) is 4.98 Å². The lowest BCUT2D eigenvalue weighted by atomic mass is 10.2. The molecule has 4 heteroatoms. The molecular formula is C11H11FN2O. The number of hydrogen-bond donors (Lipinski definition) is 1. The summed E-state index contributed by atoms with van der Waals surface area (Å²) >= 11 is 0. The first kappa shape index (κ1) is 11.2. The molecule has 0 aliphatic rings. The molecule has 15 heavy (non-hydrogen) atoms. The second kappa shape index (κ2) is 5.76. The van der Waals surface area contributed by atoms with Gasteiger partial charge in [0.25, 0.3) is 0 Å². The minimum Gasteiger partial charge on any atom is -0.355 e. The molecule has 0 aromatic carbocycles. The number of carbonyl (C=O) groups excluding carboxylic acids is 1. The lowest BCUT2D eigenvalue weighted by Gasteiger charge is -1.94. The van der Waals surface area contributed by atoms with E-state index in [0.717, 1.165) is 0 Å². The lowest BCUT2D eigenvalue weighted by Crippen LogP contribution is -2.20. The summed E-state index contributed by atoms with van der Waals surface area (Å²) in [6.07, 6.45) is 1.87. The second-order valence-electron chi connectivity index (χ2n) is 2.88. The molecular weight excluding hydrogens is 195 g/mol. The number of nitrogens with one attached hydrogen (secondary N) is 1. The van der Waals surface area contributed by atoms with E-state index in [1.165, 1.54) is 13.1 Å². The Labute approximate surface area is 87.7 Å². The van der Waals surface area contributed by atoms with E-state index in [0.29, 0.717) is 13.0 Å². The number of rotatable bonds is 2. The number of hydrogen-bond acceptors (Lipinski definition) is 2. The van der Waals surface area contributed by atoms with E-state index in [1.807, 2.05) is 0 Å². The summed E-state index contributed by atoms with van der Waals surface area (Å²) in [6, 6.07) is 3.19. The minimum atomic E-state index is -0.565. The Balaban J connectivity index is 2.45. The zero-order valence-electron chi connectivity index (χ0n) is 8.38. The number of carbonyl (C=O) groups is 1. The Morgan fingerprint density at radius 3 is 3.13 bits per heavy atom. The highest BCUT2D eigenvalue weighted by molar-refractivity contribution is 5.72. The molecule has 0 atom stereocenters. The average Bonchev–Trinajstić information content (AvgIpc) is 2.20. The number of aromatic nitrogens is 1.